The molecule has 7 heteroatoms. The number of hydrogen-bond donors (Lipinski definition) is 2. The molecule has 3 rings (SSSR count). The standard InChI is InChI=1S/C15H11BrClN5/c16-10-5-7-11(8-6-10)19-15-21-14(9-18-22-15)20-13-4-2-1-3-12(13)17/h1-9H,(H2,19,20,21,22). The smallest absolute Gasteiger partial charge is 0.249 e. The lowest BCUT2D eigenvalue weighted by atomic mass is 10.3. The number of benzene rings is 2. The van der Waals surface area contributed by atoms with Crippen LogP contribution >= 0.6 is 27.5 Å². The molecule has 5 nitrogen and oxygen atoms in total. The van der Waals surface area contributed by atoms with E-state index in [0.29, 0.717) is 16.8 Å². The average molecular weight is 377 g/mol. The van der Waals surface area contributed by atoms with Crippen molar-refractivity contribution in [2.75, 3.05) is 10.6 Å². The number of hydrogen-bond acceptors (Lipinski definition) is 5. The second-order valence-corrected chi connectivity index (χ2v) is 5.72. The van der Waals surface area contributed by atoms with Crippen LogP contribution in [0.15, 0.2) is 59.2 Å². The van der Waals surface area contributed by atoms with Crippen LogP contribution in [-0.2, 0) is 0 Å². The summed E-state index contributed by atoms with van der Waals surface area (Å²) >= 11 is 9.50. The zero-order valence-corrected chi connectivity index (χ0v) is 13.6. The summed E-state index contributed by atoms with van der Waals surface area (Å²) in [6, 6.07) is 15.1. The molecule has 0 aliphatic heterocycles. The molecule has 0 atom stereocenters. The van der Waals surface area contributed by atoms with Crippen molar-refractivity contribution >= 4 is 50.7 Å². The zero-order chi connectivity index (χ0) is 15.4. The highest BCUT2D eigenvalue weighted by molar-refractivity contribution is 9.10. The van der Waals surface area contributed by atoms with Crippen LogP contribution in [0.2, 0.25) is 5.02 Å². The molecule has 0 amide bonds. The highest BCUT2D eigenvalue weighted by atomic mass is 79.9. The molecule has 0 fully saturated rings. The van der Waals surface area contributed by atoms with Gasteiger partial charge in [0.15, 0.2) is 5.82 Å². The first-order chi connectivity index (χ1) is 10.7. The van der Waals surface area contributed by atoms with Crippen molar-refractivity contribution in [2.24, 2.45) is 0 Å². The van der Waals surface area contributed by atoms with E-state index in [9.17, 15) is 0 Å². The first-order valence-corrected chi connectivity index (χ1v) is 7.62. The summed E-state index contributed by atoms with van der Waals surface area (Å²) in [4.78, 5) is 4.36. The second kappa shape index (κ2) is 6.72. The third-order valence-corrected chi connectivity index (χ3v) is 3.65. The predicted molar refractivity (Wildman–Crippen MR) is 92.0 cm³/mol. The molecule has 0 spiro atoms. The highest BCUT2D eigenvalue weighted by Crippen LogP contribution is 2.24. The monoisotopic (exact) mass is 375 g/mol. The van der Waals surface area contributed by atoms with Crippen LogP contribution in [0.25, 0.3) is 0 Å². The Morgan fingerprint density at radius 2 is 1.73 bits per heavy atom. The molecule has 3 aromatic rings. The van der Waals surface area contributed by atoms with Crippen LogP contribution in [0.1, 0.15) is 0 Å². The van der Waals surface area contributed by atoms with E-state index in [1.165, 1.54) is 6.20 Å². The minimum absolute atomic E-state index is 0.402. The SMILES string of the molecule is Clc1ccccc1Nc1cnnc(Nc2ccc(Br)cc2)n1. The van der Waals surface area contributed by atoms with Gasteiger partial charge in [-0.3, -0.25) is 0 Å². The van der Waals surface area contributed by atoms with Crippen LogP contribution in [-0.4, -0.2) is 15.2 Å². The van der Waals surface area contributed by atoms with E-state index in [-0.39, 0.29) is 0 Å². The Labute approximate surface area is 140 Å². The highest BCUT2D eigenvalue weighted by Gasteiger charge is 2.04. The lowest BCUT2D eigenvalue weighted by Gasteiger charge is -2.08. The largest absolute Gasteiger partial charge is 0.338 e. The maximum absolute atomic E-state index is 6.11. The Bertz CT molecular complexity index is 779. The summed E-state index contributed by atoms with van der Waals surface area (Å²) in [6.07, 6.45) is 1.54. The number of anilines is 4. The average Bonchev–Trinajstić information content (AvgIpc) is 2.52. The molecule has 0 unspecified atom stereocenters. The normalized spacial score (nSPS) is 10.3. The van der Waals surface area contributed by atoms with E-state index in [2.05, 4.69) is 41.7 Å². The molecular formula is C15H11BrClN5. The van der Waals surface area contributed by atoms with Crippen LogP contribution < -0.4 is 10.6 Å². The van der Waals surface area contributed by atoms with Gasteiger partial charge in [0.1, 0.15) is 0 Å². The Kier molecular flexibility index (Phi) is 4.50. The number of nitrogens with zero attached hydrogens (tertiary/aromatic N) is 3. The lowest BCUT2D eigenvalue weighted by molar-refractivity contribution is 0.982. The molecule has 0 saturated heterocycles. The number of nitrogens with one attached hydrogen (secondary N) is 2. The van der Waals surface area contributed by atoms with Crippen molar-refractivity contribution in [3.63, 3.8) is 0 Å². The molecule has 0 bridgehead atoms. The zero-order valence-electron chi connectivity index (χ0n) is 11.3. The van der Waals surface area contributed by atoms with Gasteiger partial charge < -0.3 is 10.6 Å². The van der Waals surface area contributed by atoms with Crippen molar-refractivity contribution in [1.29, 1.82) is 0 Å². The molecule has 2 N–H and O–H groups in total. The van der Waals surface area contributed by atoms with E-state index in [4.69, 9.17) is 11.6 Å². The molecule has 22 heavy (non-hydrogen) atoms. The fraction of sp³-hybridized carbons (Fsp3) is 0. The molecule has 1 aromatic heterocycles. The van der Waals surface area contributed by atoms with Gasteiger partial charge in [-0.15, -0.1) is 5.10 Å². The summed E-state index contributed by atoms with van der Waals surface area (Å²) in [7, 11) is 0. The van der Waals surface area contributed by atoms with E-state index in [1.54, 1.807) is 6.07 Å². The van der Waals surface area contributed by atoms with Crippen molar-refractivity contribution in [3.05, 3.63) is 64.2 Å². The quantitative estimate of drug-likeness (QED) is 0.686. The molecule has 110 valence electrons. The maximum Gasteiger partial charge on any atom is 0.249 e. The minimum atomic E-state index is 0.402. The number of aromatic nitrogens is 3. The third-order valence-electron chi connectivity index (χ3n) is 2.80. The predicted octanol–water partition coefficient (Wildman–Crippen LogP) is 4.77. The molecule has 0 saturated carbocycles. The summed E-state index contributed by atoms with van der Waals surface area (Å²) in [5, 5.41) is 14.7. The topological polar surface area (TPSA) is 62.7 Å². The van der Waals surface area contributed by atoms with Crippen molar-refractivity contribution < 1.29 is 0 Å². The van der Waals surface area contributed by atoms with Gasteiger partial charge in [-0.2, -0.15) is 10.1 Å². The maximum atomic E-state index is 6.11. The van der Waals surface area contributed by atoms with Gasteiger partial charge in [0.25, 0.3) is 0 Å². The second-order valence-electron chi connectivity index (χ2n) is 4.40. The van der Waals surface area contributed by atoms with Crippen LogP contribution in [0.5, 0.6) is 0 Å². The first-order valence-electron chi connectivity index (χ1n) is 6.44. The number of para-hydroxylation sites is 1. The summed E-state index contributed by atoms with van der Waals surface area (Å²) in [5.41, 5.74) is 1.64. The number of halogens is 2. The molecule has 1 heterocycles. The molecule has 0 aliphatic carbocycles. The van der Waals surface area contributed by atoms with Gasteiger partial charge in [-0.05, 0) is 36.4 Å². The fourth-order valence-corrected chi connectivity index (χ4v) is 2.23. The van der Waals surface area contributed by atoms with E-state index < -0.39 is 0 Å². The summed E-state index contributed by atoms with van der Waals surface area (Å²) in [6.45, 7) is 0. The summed E-state index contributed by atoms with van der Waals surface area (Å²) < 4.78 is 1.01. The molecule has 0 radical (unpaired) electrons. The molecular weight excluding hydrogens is 366 g/mol. The summed E-state index contributed by atoms with van der Waals surface area (Å²) in [5.74, 6) is 0.960. The van der Waals surface area contributed by atoms with Gasteiger partial charge in [0.2, 0.25) is 5.95 Å². The van der Waals surface area contributed by atoms with Crippen LogP contribution in [0.3, 0.4) is 0 Å². The molecule has 2 aromatic carbocycles. The van der Waals surface area contributed by atoms with Crippen molar-refractivity contribution in [2.45, 2.75) is 0 Å². The Hall–Kier alpha value is -2.18. The van der Waals surface area contributed by atoms with E-state index in [1.807, 2.05) is 42.5 Å². The van der Waals surface area contributed by atoms with Crippen molar-refractivity contribution in [1.82, 2.24) is 15.2 Å². The van der Waals surface area contributed by atoms with Crippen LogP contribution in [0, 0.1) is 0 Å². The van der Waals surface area contributed by atoms with E-state index in [0.717, 1.165) is 15.8 Å². The fourth-order valence-electron chi connectivity index (χ4n) is 1.78. The van der Waals surface area contributed by atoms with Gasteiger partial charge in [-0.25, -0.2) is 0 Å². The van der Waals surface area contributed by atoms with Crippen LogP contribution in [0.4, 0.5) is 23.1 Å². The van der Waals surface area contributed by atoms with E-state index >= 15 is 0 Å². The Morgan fingerprint density at radius 1 is 0.955 bits per heavy atom. The Morgan fingerprint density at radius 3 is 2.50 bits per heavy atom. The lowest BCUT2D eigenvalue weighted by Crippen LogP contribution is -2.02. The van der Waals surface area contributed by atoms with Gasteiger partial charge >= 0.3 is 0 Å². The molecule has 0 aliphatic rings. The minimum Gasteiger partial charge on any atom is -0.338 e. The van der Waals surface area contributed by atoms with Crippen molar-refractivity contribution in [3.8, 4) is 0 Å². The third kappa shape index (κ3) is 3.72. The first kappa shape index (κ1) is 14.7. The van der Waals surface area contributed by atoms with Gasteiger partial charge in [0.05, 0.1) is 16.9 Å². The van der Waals surface area contributed by atoms with Gasteiger partial charge in [0, 0.05) is 10.2 Å². The Balaban J connectivity index is 1.78. The van der Waals surface area contributed by atoms with Gasteiger partial charge in [-0.1, -0.05) is 39.7 Å². The number of rotatable bonds is 4.